The van der Waals surface area contributed by atoms with Gasteiger partial charge in [-0.05, 0) is 37.6 Å². The minimum absolute atomic E-state index is 0.0771. The van der Waals surface area contributed by atoms with E-state index in [0.717, 1.165) is 13.0 Å². The Labute approximate surface area is 174 Å². The highest BCUT2D eigenvalue weighted by atomic mass is 35.5. The topological polar surface area (TPSA) is 65.5 Å². The van der Waals surface area contributed by atoms with E-state index in [-0.39, 0.29) is 23.0 Å². The first kappa shape index (κ1) is 20.6. The van der Waals surface area contributed by atoms with Crippen LogP contribution in [0.3, 0.4) is 0 Å². The van der Waals surface area contributed by atoms with Gasteiger partial charge in [-0.3, -0.25) is 14.5 Å². The molecule has 8 heteroatoms. The van der Waals surface area contributed by atoms with Crippen molar-refractivity contribution in [1.82, 2.24) is 14.8 Å². The highest BCUT2D eigenvalue weighted by molar-refractivity contribution is 6.33. The second-order valence-corrected chi connectivity index (χ2v) is 7.43. The van der Waals surface area contributed by atoms with Gasteiger partial charge in [0, 0.05) is 32.4 Å². The Morgan fingerprint density at radius 1 is 1.07 bits per heavy atom. The highest BCUT2D eigenvalue weighted by Crippen LogP contribution is 2.20. The number of pyridine rings is 1. The summed E-state index contributed by atoms with van der Waals surface area (Å²) in [7, 11) is 0. The number of nitrogens with zero attached hydrogens (tertiary/aromatic N) is 3. The van der Waals surface area contributed by atoms with E-state index in [2.05, 4.69) is 15.2 Å². The summed E-state index contributed by atoms with van der Waals surface area (Å²) in [4.78, 5) is 33.2. The number of rotatable bonds is 4. The normalized spacial score (nSPS) is 16.3. The van der Waals surface area contributed by atoms with E-state index in [1.807, 2.05) is 6.92 Å². The Kier molecular flexibility index (Phi) is 6.88. The molecule has 2 heterocycles. The first-order valence-corrected chi connectivity index (χ1v) is 9.92. The summed E-state index contributed by atoms with van der Waals surface area (Å²) in [5.41, 5.74) is 1.00. The molecule has 0 saturated carbocycles. The van der Waals surface area contributed by atoms with E-state index in [9.17, 15) is 9.59 Å². The van der Waals surface area contributed by atoms with Gasteiger partial charge < -0.3 is 10.2 Å². The van der Waals surface area contributed by atoms with Crippen LogP contribution in [-0.4, -0.2) is 58.8 Å². The molecule has 1 aliphatic rings. The van der Waals surface area contributed by atoms with Crippen LogP contribution < -0.4 is 5.32 Å². The van der Waals surface area contributed by atoms with Crippen molar-refractivity contribution in [2.45, 2.75) is 19.4 Å². The number of hydrogen-bond acceptors (Lipinski definition) is 4. The first-order valence-electron chi connectivity index (χ1n) is 9.16. The molecular formula is C20H22Cl2N4O2. The minimum Gasteiger partial charge on any atom is -0.337 e. The van der Waals surface area contributed by atoms with Crippen molar-refractivity contribution in [2.24, 2.45) is 0 Å². The zero-order valence-corrected chi connectivity index (χ0v) is 17.1. The fourth-order valence-electron chi connectivity index (χ4n) is 3.22. The minimum atomic E-state index is -0.355. The van der Waals surface area contributed by atoms with Crippen LogP contribution in [0.2, 0.25) is 10.2 Å². The number of halogens is 2. The average Bonchev–Trinajstić information content (AvgIpc) is 2.95. The van der Waals surface area contributed by atoms with E-state index < -0.39 is 0 Å². The molecule has 1 aliphatic heterocycles. The highest BCUT2D eigenvalue weighted by Gasteiger charge is 2.27. The molecule has 0 bridgehead atoms. The molecule has 0 aliphatic carbocycles. The van der Waals surface area contributed by atoms with Gasteiger partial charge in [0.1, 0.15) is 0 Å². The summed E-state index contributed by atoms with van der Waals surface area (Å²) in [6, 6.07) is 10.1. The molecule has 1 aromatic carbocycles. The average molecular weight is 421 g/mol. The summed E-state index contributed by atoms with van der Waals surface area (Å²) in [6.07, 6.45) is 2.35. The second-order valence-electron chi connectivity index (χ2n) is 6.67. The van der Waals surface area contributed by atoms with Crippen LogP contribution in [-0.2, 0) is 4.79 Å². The fraction of sp³-hybridized carbons (Fsp3) is 0.350. The van der Waals surface area contributed by atoms with Crippen molar-refractivity contribution < 1.29 is 9.59 Å². The summed E-state index contributed by atoms with van der Waals surface area (Å²) in [5.74, 6) is -0.229. The molecule has 1 aromatic heterocycles. The molecule has 1 fully saturated rings. The van der Waals surface area contributed by atoms with Crippen molar-refractivity contribution in [1.29, 1.82) is 0 Å². The lowest BCUT2D eigenvalue weighted by molar-refractivity contribution is -0.120. The smallest absolute Gasteiger partial charge is 0.255 e. The van der Waals surface area contributed by atoms with Crippen LogP contribution in [0.5, 0.6) is 0 Å². The van der Waals surface area contributed by atoms with Crippen molar-refractivity contribution in [3.8, 4) is 0 Å². The van der Waals surface area contributed by atoms with Crippen LogP contribution in [0.1, 0.15) is 23.7 Å². The predicted octanol–water partition coefficient (Wildman–Crippen LogP) is 3.56. The van der Waals surface area contributed by atoms with Gasteiger partial charge in [0.2, 0.25) is 5.91 Å². The van der Waals surface area contributed by atoms with Gasteiger partial charge in [0.05, 0.1) is 22.3 Å². The molecular weight excluding hydrogens is 399 g/mol. The number of aromatic nitrogens is 1. The standard InChI is InChI=1S/C20H22Cl2N4O2/c1-14(19(27)24-17-8-4-9-23-18(17)22)25-10-5-11-26(13-12-25)20(28)15-6-2-3-7-16(15)21/h2-4,6-9,14H,5,10-13H2,1H3,(H,24,27). The Bertz CT molecular complexity index is 862. The number of benzene rings is 1. The van der Waals surface area contributed by atoms with E-state index >= 15 is 0 Å². The molecule has 1 unspecified atom stereocenters. The molecule has 148 valence electrons. The summed E-state index contributed by atoms with van der Waals surface area (Å²) in [5, 5.41) is 3.54. The molecule has 0 spiro atoms. The monoisotopic (exact) mass is 420 g/mol. The fourth-order valence-corrected chi connectivity index (χ4v) is 3.60. The number of carbonyl (C=O) groups excluding carboxylic acids is 2. The van der Waals surface area contributed by atoms with Gasteiger partial charge in [-0.15, -0.1) is 0 Å². The zero-order valence-electron chi connectivity index (χ0n) is 15.6. The SMILES string of the molecule is CC(C(=O)Nc1cccnc1Cl)N1CCCN(C(=O)c2ccccc2Cl)CC1. The summed E-state index contributed by atoms with van der Waals surface area (Å²) in [6.45, 7) is 4.34. The van der Waals surface area contributed by atoms with Crippen molar-refractivity contribution in [3.05, 3.63) is 58.3 Å². The number of nitrogens with one attached hydrogen (secondary N) is 1. The predicted molar refractivity (Wildman–Crippen MR) is 111 cm³/mol. The lowest BCUT2D eigenvalue weighted by Gasteiger charge is -2.27. The lowest BCUT2D eigenvalue weighted by Crippen LogP contribution is -2.44. The molecule has 3 rings (SSSR count). The Morgan fingerprint density at radius 2 is 1.86 bits per heavy atom. The molecule has 0 radical (unpaired) electrons. The summed E-state index contributed by atoms with van der Waals surface area (Å²) < 4.78 is 0. The van der Waals surface area contributed by atoms with Crippen molar-refractivity contribution in [3.63, 3.8) is 0 Å². The van der Waals surface area contributed by atoms with Crippen LogP contribution in [0.25, 0.3) is 0 Å². The maximum Gasteiger partial charge on any atom is 0.255 e. The molecule has 2 amide bonds. The van der Waals surface area contributed by atoms with E-state index in [1.54, 1.807) is 47.5 Å². The molecule has 6 nitrogen and oxygen atoms in total. The van der Waals surface area contributed by atoms with Gasteiger partial charge >= 0.3 is 0 Å². The maximum absolute atomic E-state index is 12.8. The third kappa shape index (κ3) is 4.82. The first-order chi connectivity index (χ1) is 13.5. The Hall–Kier alpha value is -2.15. The van der Waals surface area contributed by atoms with Gasteiger partial charge in [-0.2, -0.15) is 0 Å². The van der Waals surface area contributed by atoms with Gasteiger partial charge in [-0.25, -0.2) is 4.98 Å². The number of amides is 2. The molecule has 1 N–H and O–H groups in total. The van der Waals surface area contributed by atoms with Gasteiger partial charge in [0.25, 0.3) is 5.91 Å². The molecule has 2 aromatic rings. The van der Waals surface area contributed by atoms with E-state index in [1.165, 1.54) is 0 Å². The van der Waals surface area contributed by atoms with Crippen molar-refractivity contribution in [2.75, 3.05) is 31.5 Å². The largest absolute Gasteiger partial charge is 0.337 e. The van der Waals surface area contributed by atoms with Crippen LogP contribution in [0, 0.1) is 0 Å². The van der Waals surface area contributed by atoms with E-state index in [0.29, 0.717) is 35.9 Å². The zero-order chi connectivity index (χ0) is 20.1. The molecule has 28 heavy (non-hydrogen) atoms. The third-order valence-electron chi connectivity index (χ3n) is 4.87. The Balaban J connectivity index is 1.61. The van der Waals surface area contributed by atoms with Gasteiger partial charge in [-0.1, -0.05) is 35.3 Å². The second kappa shape index (κ2) is 9.37. The van der Waals surface area contributed by atoms with Crippen LogP contribution in [0.15, 0.2) is 42.6 Å². The van der Waals surface area contributed by atoms with Crippen LogP contribution in [0.4, 0.5) is 5.69 Å². The van der Waals surface area contributed by atoms with E-state index in [4.69, 9.17) is 23.2 Å². The number of anilines is 1. The number of carbonyl (C=O) groups is 2. The molecule has 1 atom stereocenters. The maximum atomic E-state index is 12.8. The number of hydrogen-bond donors (Lipinski definition) is 1. The lowest BCUT2D eigenvalue weighted by atomic mass is 10.2. The summed E-state index contributed by atoms with van der Waals surface area (Å²) >= 11 is 12.2. The van der Waals surface area contributed by atoms with Crippen molar-refractivity contribution >= 4 is 40.7 Å². The van der Waals surface area contributed by atoms with Gasteiger partial charge in [0.15, 0.2) is 5.15 Å². The Morgan fingerprint density at radius 3 is 2.61 bits per heavy atom. The quantitative estimate of drug-likeness (QED) is 0.767. The third-order valence-corrected chi connectivity index (χ3v) is 5.50. The van der Waals surface area contributed by atoms with Crippen LogP contribution >= 0.6 is 23.2 Å². The molecule has 1 saturated heterocycles.